The number of benzene rings is 1. The van der Waals surface area contributed by atoms with E-state index in [1.54, 1.807) is 0 Å². The first-order chi connectivity index (χ1) is 13.5. The van der Waals surface area contributed by atoms with Crippen LogP contribution in [0, 0.1) is 6.92 Å². The zero-order chi connectivity index (χ0) is 20.1. The number of aryl methyl sites for hydroxylation is 2. The first-order valence-electron chi connectivity index (χ1n) is 9.48. The number of fused-ring (bicyclic) bond motifs is 1. The van der Waals surface area contributed by atoms with Gasteiger partial charge in [-0.3, -0.25) is 14.2 Å². The molecule has 2 heterocycles. The molecular formula is C21H26N4O2S. The fourth-order valence-corrected chi connectivity index (χ4v) is 3.83. The average molecular weight is 399 g/mol. The van der Waals surface area contributed by atoms with E-state index in [4.69, 9.17) is 0 Å². The number of hydrogen-bond acceptors (Lipinski definition) is 5. The van der Waals surface area contributed by atoms with Crippen molar-refractivity contribution in [2.75, 3.05) is 26.7 Å². The summed E-state index contributed by atoms with van der Waals surface area (Å²) >= 11 is 1.47. The predicted molar refractivity (Wildman–Crippen MR) is 115 cm³/mol. The van der Waals surface area contributed by atoms with Gasteiger partial charge >= 0.3 is 0 Å². The lowest BCUT2D eigenvalue weighted by atomic mass is 10.1. The van der Waals surface area contributed by atoms with Crippen LogP contribution >= 0.6 is 11.3 Å². The largest absolute Gasteiger partial charge is 0.355 e. The summed E-state index contributed by atoms with van der Waals surface area (Å²) in [5.74, 6) is -0.0550. The lowest BCUT2D eigenvalue weighted by molar-refractivity contribution is -0.121. The number of likely N-dealkylation sites (N-methyl/N-ethyl adjacent to an activating group) is 1. The van der Waals surface area contributed by atoms with Crippen molar-refractivity contribution in [3.8, 4) is 11.1 Å². The van der Waals surface area contributed by atoms with Crippen LogP contribution in [-0.2, 0) is 11.3 Å². The second-order valence-electron chi connectivity index (χ2n) is 6.93. The third-order valence-corrected chi connectivity index (χ3v) is 5.74. The Balaban J connectivity index is 1.73. The molecule has 1 amide bonds. The van der Waals surface area contributed by atoms with Gasteiger partial charge in [0.25, 0.3) is 5.56 Å². The van der Waals surface area contributed by atoms with Crippen molar-refractivity contribution < 1.29 is 4.79 Å². The quantitative estimate of drug-likeness (QED) is 0.634. The number of aromatic nitrogens is 2. The monoisotopic (exact) mass is 398 g/mol. The van der Waals surface area contributed by atoms with Crippen molar-refractivity contribution in [2.24, 2.45) is 0 Å². The summed E-state index contributed by atoms with van der Waals surface area (Å²) in [5.41, 5.74) is 2.99. The Hall–Kier alpha value is -2.51. The number of rotatable bonds is 8. The maximum Gasteiger partial charge on any atom is 0.262 e. The summed E-state index contributed by atoms with van der Waals surface area (Å²) in [6.07, 6.45) is 1.80. The number of nitrogens with zero attached hydrogens (tertiary/aromatic N) is 3. The zero-order valence-corrected chi connectivity index (χ0v) is 17.4. The van der Waals surface area contributed by atoms with Crippen LogP contribution in [-0.4, -0.2) is 47.0 Å². The standard InChI is InChI=1S/C21H26N4O2S/c1-4-24(3)12-10-22-18(26)9-11-25-14-23-20-19(21(25)27)17(13-28-20)16-7-5-15(2)6-8-16/h5-8,13-14H,4,9-12H2,1-3H3,(H,22,26). The summed E-state index contributed by atoms with van der Waals surface area (Å²) in [6, 6.07) is 8.12. The van der Waals surface area contributed by atoms with Crippen LogP contribution < -0.4 is 10.9 Å². The Labute approximate surface area is 168 Å². The van der Waals surface area contributed by atoms with Crippen molar-refractivity contribution >= 4 is 27.5 Å². The Morgan fingerprint density at radius 3 is 2.75 bits per heavy atom. The van der Waals surface area contributed by atoms with E-state index < -0.39 is 0 Å². The Morgan fingerprint density at radius 2 is 2.04 bits per heavy atom. The van der Waals surface area contributed by atoms with Gasteiger partial charge in [0.05, 0.1) is 11.7 Å². The van der Waals surface area contributed by atoms with Gasteiger partial charge in [-0.25, -0.2) is 4.98 Å². The minimum absolute atomic E-state index is 0.0550. The number of nitrogens with one attached hydrogen (secondary N) is 1. The minimum atomic E-state index is -0.0969. The lowest BCUT2D eigenvalue weighted by Gasteiger charge is -2.14. The molecule has 28 heavy (non-hydrogen) atoms. The van der Waals surface area contributed by atoms with Crippen molar-refractivity contribution in [3.05, 3.63) is 51.9 Å². The normalized spacial score (nSPS) is 11.3. The van der Waals surface area contributed by atoms with E-state index in [-0.39, 0.29) is 17.9 Å². The molecule has 3 rings (SSSR count). The van der Waals surface area contributed by atoms with Crippen LogP contribution in [0.1, 0.15) is 18.9 Å². The SMILES string of the molecule is CCN(C)CCNC(=O)CCn1cnc2scc(-c3ccc(C)cc3)c2c1=O. The molecule has 3 aromatic rings. The fraction of sp³-hybridized carbons (Fsp3) is 0.381. The van der Waals surface area contributed by atoms with Crippen molar-refractivity contribution in [3.63, 3.8) is 0 Å². The summed E-state index contributed by atoms with van der Waals surface area (Å²) < 4.78 is 1.53. The molecule has 0 spiro atoms. The first kappa shape index (κ1) is 20.2. The van der Waals surface area contributed by atoms with E-state index in [9.17, 15) is 9.59 Å². The lowest BCUT2D eigenvalue weighted by Crippen LogP contribution is -2.33. The highest BCUT2D eigenvalue weighted by atomic mass is 32.1. The summed E-state index contributed by atoms with van der Waals surface area (Å²) in [5, 5.41) is 5.50. The molecule has 0 aliphatic carbocycles. The van der Waals surface area contributed by atoms with E-state index in [2.05, 4.69) is 22.1 Å². The van der Waals surface area contributed by atoms with Crippen LogP contribution in [0.25, 0.3) is 21.3 Å². The van der Waals surface area contributed by atoms with E-state index in [0.717, 1.165) is 29.0 Å². The molecule has 0 atom stereocenters. The van der Waals surface area contributed by atoms with Gasteiger partial charge < -0.3 is 10.2 Å². The summed E-state index contributed by atoms with van der Waals surface area (Å²) in [6.45, 7) is 6.80. The number of hydrogen-bond donors (Lipinski definition) is 1. The van der Waals surface area contributed by atoms with Crippen LogP contribution in [0.3, 0.4) is 0 Å². The second kappa shape index (κ2) is 9.12. The molecule has 0 radical (unpaired) electrons. The van der Waals surface area contributed by atoms with Gasteiger partial charge in [0.1, 0.15) is 4.83 Å². The molecule has 0 bridgehead atoms. The zero-order valence-electron chi connectivity index (χ0n) is 16.6. The van der Waals surface area contributed by atoms with E-state index in [1.807, 2.05) is 43.6 Å². The molecule has 7 heteroatoms. The van der Waals surface area contributed by atoms with Gasteiger partial charge in [-0.15, -0.1) is 11.3 Å². The Kier molecular flexibility index (Phi) is 6.59. The van der Waals surface area contributed by atoms with Crippen LogP contribution in [0.4, 0.5) is 0 Å². The van der Waals surface area contributed by atoms with Crippen molar-refractivity contribution in [2.45, 2.75) is 26.8 Å². The fourth-order valence-electron chi connectivity index (χ4n) is 2.93. The molecule has 148 valence electrons. The number of amides is 1. The van der Waals surface area contributed by atoms with E-state index in [1.165, 1.54) is 27.8 Å². The maximum absolute atomic E-state index is 13.0. The summed E-state index contributed by atoms with van der Waals surface area (Å²) in [4.78, 5) is 32.3. The Morgan fingerprint density at radius 1 is 1.29 bits per heavy atom. The molecule has 0 saturated carbocycles. The summed E-state index contributed by atoms with van der Waals surface area (Å²) in [7, 11) is 2.01. The van der Waals surface area contributed by atoms with Gasteiger partial charge in [-0.05, 0) is 26.1 Å². The van der Waals surface area contributed by atoms with Crippen LogP contribution in [0.2, 0.25) is 0 Å². The highest BCUT2D eigenvalue weighted by molar-refractivity contribution is 7.17. The van der Waals surface area contributed by atoms with Gasteiger partial charge in [0.15, 0.2) is 0 Å². The van der Waals surface area contributed by atoms with E-state index in [0.29, 0.717) is 18.5 Å². The van der Waals surface area contributed by atoms with Gasteiger partial charge in [0, 0.05) is 37.0 Å². The third-order valence-electron chi connectivity index (χ3n) is 4.86. The molecule has 1 N–H and O–H groups in total. The van der Waals surface area contributed by atoms with Gasteiger partial charge in [0.2, 0.25) is 5.91 Å². The minimum Gasteiger partial charge on any atom is -0.355 e. The number of carbonyl (C=O) groups excluding carboxylic acids is 1. The smallest absolute Gasteiger partial charge is 0.262 e. The average Bonchev–Trinajstić information content (AvgIpc) is 3.13. The van der Waals surface area contributed by atoms with Crippen molar-refractivity contribution in [1.29, 1.82) is 0 Å². The van der Waals surface area contributed by atoms with Crippen LogP contribution in [0.15, 0.2) is 40.8 Å². The molecule has 1 aromatic carbocycles. The van der Waals surface area contributed by atoms with E-state index >= 15 is 0 Å². The number of thiophene rings is 1. The molecule has 0 aliphatic heterocycles. The highest BCUT2D eigenvalue weighted by Crippen LogP contribution is 2.30. The van der Waals surface area contributed by atoms with Gasteiger partial charge in [-0.1, -0.05) is 36.8 Å². The highest BCUT2D eigenvalue weighted by Gasteiger charge is 2.14. The molecular weight excluding hydrogens is 372 g/mol. The molecule has 0 unspecified atom stereocenters. The molecule has 0 saturated heterocycles. The molecule has 6 nitrogen and oxygen atoms in total. The first-order valence-corrected chi connectivity index (χ1v) is 10.4. The van der Waals surface area contributed by atoms with Crippen LogP contribution in [0.5, 0.6) is 0 Å². The van der Waals surface area contributed by atoms with Gasteiger partial charge in [-0.2, -0.15) is 0 Å². The topological polar surface area (TPSA) is 67.2 Å². The van der Waals surface area contributed by atoms with Crippen molar-refractivity contribution in [1.82, 2.24) is 19.8 Å². The second-order valence-corrected chi connectivity index (χ2v) is 7.79. The maximum atomic E-state index is 13.0. The number of carbonyl (C=O) groups is 1. The predicted octanol–water partition coefficient (Wildman–Crippen LogP) is 2.89. The molecule has 2 aromatic heterocycles. The Bertz CT molecular complexity index is 1010. The molecule has 0 fully saturated rings. The third kappa shape index (κ3) is 4.66. The molecule has 0 aliphatic rings.